The second kappa shape index (κ2) is 5.94. The van der Waals surface area contributed by atoms with Gasteiger partial charge in [0.05, 0.1) is 27.5 Å². The molecule has 0 saturated carbocycles. The average molecular weight is 314 g/mol. The number of para-hydroxylation sites is 1. The van der Waals surface area contributed by atoms with Crippen molar-refractivity contribution in [3.63, 3.8) is 0 Å². The number of aliphatic carboxylic acids is 1. The zero-order valence-electron chi connectivity index (χ0n) is 10.0. The highest BCUT2D eigenvalue weighted by Crippen LogP contribution is 2.30. The maximum absolute atomic E-state index is 12.0. The zero-order valence-corrected chi connectivity index (χ0v) is 11.5. The molecular formula is C12H9Cl2N3O3. The molecule has 0 aliphatic rings. The van der Waals surface area contributed by atoms with Crippen molar-refractivity contribution in [2.75, 3.05) is 5.32 Å². The van der Waals surface area contributed by atoms with Gasteiger partial charge >= 0.3 is 5.97 Å². The Balaban J connectivity index is 2.16. The predicted octanol–water partition coefficient (Wildman–Crippen LogP) is 2.53. The van der Waals surface area contributed by atoms with E-state index in [1.54, 1.807) is 18.2 Å². The van der Waals surface area contributed by atoms with E-state index in [1.165, 1.54) is 12.4 Å². The number of nitrogens with one attached hydrogen (secondary N) is 1. The molecule has 0 unspecified atom stereocenters. The van der Waals surface area contributed by atoms with Crippen LogP contribution < -0.4 is 5.32 Å². The largest absolute Gasteiger partial charge is 0.480 e. The van der Waals surface area contributed by atoms with Gasteiger partial charge in [-0.05, 0) is 12.1 Å². The first-order chi connectivity index (χ1) is 9.47. The van der Waals surface area contributed by atoms with Crippen molar-refractivity contribution in [2.45, 2.75) is 6.54 Å². The van der Waals surface area contributed by atoms with E-state index in [4.69, 9.17) is 28.3 Å². The predicted molar refractivity (Wildman–Crippen MR) is 74.3 cm³/mol. The number of hydrogen-bond donors (Lipinski definition) is 2. The molecule has 1 aromatic heterocycles. The Hall–Kier alpha value is -2.05. The number of nitrogens with zero attached hydrogens (tertiary/aromatic N) is 2. The van der Waals surface area contributed by atoms with Crippen LogP contribution in [0.25, 0.3) is 0 Å². The smallest absolute Gasteiger partial charge is 0.325 e. The molecule has 0 atom stereocenters. The third kappa shape index (κ3) is 3.28. The van der Waals surface area contributed by atoms with Gasteiger partial charge < -0.3 is 10.4 Å². The van der Waals surface area contributed by atoms with E-state index in [1.807, 2.05) is 0 Å². The molecule has 0 bridgehead atoms. The molecule has 1 amide bonds. The van der Waals surface area contributed by atoms with Crippen molar-refractivity contribution in [1.29, 1.82) is 0 Å². The number of carboxylic acid groups (broad SMARTS) is 1. The second-order valence-electron chi connectivity index (χ2n) is 3.87. The third-order valence-corrected chi connectivity index (χ3v) is 3.02. The van der Waals surface area contributed by atoms with Crippen molar-refractivity contribution < 1.29 is 14.7 Å². The van der Waals surface area contributed by atoms with E-state index < -0.39 is 11.9 Å². The van der Waals surface area contributed by atoms with Crippen LogP contribution in [0.2, 0.25) is 10.0 Å². The summed E-state index contributed by atoms with van der Waals surface area (Å²) in [5.41, 5.74) is 0.508. The van der Waals surface area contributed by atoms with Crippen LogP contribution in [0.1, 0.15) is 10.4 Å². The van der Waals surface area contributed by atoms with Gasteiger partial charge in [0.1, 0.15) is 6.54 Å². The maximum Gasteiger partial charge on any atom is 0.325 e. The molecule has 1 heterocycles. The number of halogens is 2. The molecule has 2 rings (SSSR count). The van der Waals surface area contributed by atoms with Crippen LogP contribution >= 0.6 is 23.2 Å². The van der Waals surface area contributed by atoms with Crippen LogP contribution in [0.15, 0.2) is 30.6 Å². The summed E-state index contributed by atoms with van der Waals surface area (Å²) in [6, 6.07) is 4.85. The number of carboxylic acids is 1. The second-order valence-corrected chi connectivity index (χ2v) is 4.69. The molecule has 0 fully saturated rings. The Morgan fingerprint density at radius 1 is 1.30 bits per heavy atom. The van der Waals surface area contributed by atoms with Gasteiger partial charge in [0.15, 0.2) is 0 Å². The Morgan fingerprint density at radius 3 is 2.55 bits per heavy atom. The van der Waals surface area contributed by atoms with Gasteiger partial charge in [-0.1, -0.05) is 29.3 Å². The van der Waals surface area contributed by atoms with Crippen molar-refractivity contribution in [3.8, 4) is 0 Å². The van der Waals surface area contributed by atoms with Crippen LogP contribution in [0.3, 0.4) is 0 Å². The van der Waals surface area contributed by atoms with Gasteiger partial charge in [-0.15, -0.1) is 0 Å². The molecular weight excluding hydrogens is 305 g/mol. The van der Waals surface area contributed by atoms with E-state index in [9.17, 15) is 9.59 Å². The number of aromatic nitrogens is 2. The van der Waals surface area contributed by atoms with Gasteiger partial charge in [-0.2, -0.15) is 5.10 Å². The number of rotatable bonds is 4. The normalized spacial score (nSPS) is 10.3. The fraction of sp³-hybridized carbons (Fsp3) is 0.0833. The van der Waals surface area contributed by atoms with Gasteiger partial charge in [0, 0.05) is 6.20 Å². The van der Waals surface area contributed by atoms with Gasteiger partial charge in [0.25, 0.3) is 5.91 Å². The monoisotopic (exact) mass is 313 g/mol. The summed E-state index contributed by atoms with van der Waals surface area (Å²) >= 11 is 11.9. The molecule has 104 valence electrons. The molecule has 0 saturated heterocycles. The summed E-state index contributed by atoms with van der Waals surface area (Å²) in [6.45, 7) is -0.319. The highest BCUT2D eigenvalue weighted by molar-refractivity contribution is 6.40. The number of anilines is 1. The molecule has 0 aliphatic carbocycles. The average Bonchev–Trinajstić information content (AvgIpc) is 2.81. The lowest BCUT2D eigenvalue weighted by Crippen LogP contribution is -2.12. The summed E-state index contributed by atoms with van der Waals surface area (Å²) in [5.74, 6) is -1.52. The van der Waals surface area contributed by atoms with Crippen molar-refractivity contribution in [3.05, 3.63) is 46.2 Å². The van der Waals surface area contributed by atoms with E-state index >= 15 is 0 Å². The summed E-state index contributed by atoms with van der Waals surface area (Å²) in [6.07, 6.45) is 2.59. The number of benzene rings is 1. The molecule has 0 spiro atoms. The van der Waals surface area contributed by atoms with Crippen LogP contribution in [-0.4, -0.2) is 26.8 Å². The first kappa shape index (κ1) is 14.4. The minimum atomic E-state index is -1.05. The molecule has 6 nitrogen and oxygen atoms in total. The quantitative estimate of drug-likeness (QED) is 0.908. The summed E-state index contributed by atoms with van der Waals surface area (Å²) in [5, 5.41) is 15.6. The molecule has 0 radical (unpaired) electrons. The van der Waals surface area contributed by atoms with Gasteiger partial charge in [-0.3, -0.25) is 14.3 Å². The molecule has 8 heteroatoms. The molecule has 2 aromatic rings. The van der Waals surface area contributed by atoms with Crippen LogP contribution in [-0.2, 0) is 11.3 Å². The van der Waals surface area contributed by atoms with E-state index in [0.717, 1.165) is 4.68 Å². The highest BCUT2D eigenvalue weighted by atomic mass is 35.5. The van der Waals surface area contributed by atoms with Crippen LogP contribution in [0, 0.1) is 0 Å². The summed E-state index contributed by atoms with van der Waals surface area (Å²) in [7, 11) is 0. The van der Waals surface area contributed by atoms with Crippen molar-refractivity contribution in [2.24, 2.45) is 0 Å². The fourth-order valence-corrected chi connectivity index (χ4v) is 2.00. The molecule has 2 N–H and O–H groups in total. The van der Waals surface area contributed by atoms with Crippen molar-refractivity contribution in [1.82, 2.24) is 9.78 Å². The molecule has 1 aromatic carbocycles. The highest BCUT2D eigenvalue weighted by Gasteiger charge is 2.13. The van der Waals surface area contributed by atoms with Gasteiger partial charge in [0.2, 0.25) is 0 Å². The van der Waals surface area contributed by atoms with E-state index in [2.05, 4.69) is 10.4 Å². The van der Waals surface area contributed by atoms with Gasteiger partial charge in [-0.25, -0.2) is 0 Å². The molecule has 0 aliphatic heterocycles. The minimum Gasteiger partial charge on any atom is -0.480 e. The molecule has 20 heavy (non-hydrogen) atoms. The lowest BCUT2D eigenvalue weighted by atomic mass is 10.3. The van der Waals surface area contributed by atoms with E-state index in [-0.39, 0.29) is 12.1 Å². The summed E-state index contributed by atoms with van der Waals surface area (Å²) < 4.78 is 1.14. The Bertz CT molecular complexity index is 649. The SMILES string of the molecule is O=C(O)Cn1cc(C(=O)Nc2c(Cl)cccc2Cl)cn1. The first-order valence-corrected chi connectivity index (χ1v) is 6.22. The lowest BCUT2D eigenvalue weighted by Gasteiger charge is -2.07. The Kier molecular flexibility index (Phi) is 4.26. The van der Waals surface area contributed by atoms with Crippen LogP contribution in [0.4, 0.5) is 5.69 Å². The number of amides is 1. The Morgan fingerprint density at radius 2 is 1.95 bits per heavy atom. The number of hydrogen-bond acceptors (Lipinski definition) is 3. The van der Waals surface area contributed by atoms with Crippen molar-refractivity contribution >= 4 is 40.8 Å². The fourth-order valence-electron chi connectivity index (χ4n) is 1.51. The topological polar surface area (TPSA) is 84.2 Å². The summed E-state index contributed by atoms with van der Waals surface area (Å²) in [4.78, 5) is 22.5. The van der Waals surface area contributed by atoms with Crippen LogP contribution in [0.5, 0.6) is 0 Å². The third-order valence-electron chi connectivity index (χ3n) is 2.39. The zero-order chi connectivity index (χ0) is 14.7. The number of carbonyl (C=O) groups excluding carboxylic acids is 1. The standard InChI is InChI=1S/C12H9Cl2N3O3/c13-8-2-1-3-9(14)11(8)16-12(20)7-4-15-17(5-7)6-10(18)19/h1-5H,6H2,(H,16,20)(H,18,19). The maximum atomic E-state index is 12.0. The minimum absolute atomic E-state index is 0.210. The lowest BCUT2D eigenvalue weighted by molar-refractivity contribution is -0.137. The first-order valence-electron chi connectivity index (χ1n) is 5.47. The number of carbonyl (C=O) groups is 2. The van der Waals surface area contributed by atoms with E-state index in [0.29, 0.717) is 15.7 Å². The Labute approximate surface area is 123 Å².